The van der Waals surface area contributed by atoms with Crippen molar-refractivity contribution in [2.24, 2.45) is 5.73 Å². The lowest BCUT2D eigenvalue weighted by Gasteiger charge is -2.45. The maximum absolute atomic E-state index is 6.45. The Morgan fingerprint density at radius 1 is 1.24 bits per heavy atom. The Morgan fingerprint density at radius 3 is 2.29 bits per heavy atom. The van der Waals surface area contributed by atoms with E-state index in [1.807, 2.05) is 11.3 Å². The molecule has 2 rings (SSSR count). The Kier molecular flexibility index (Phi) is 5.88. The van der Waals surface area contributed by atoms with Gasteiger partial charge in [0.05, 0.1) is 9.83 Å². The number of halogens is 1. The predicted octanol–water partition coefficient (Wildman–Crippen LogP) is 3.71. The molecule has 0 amide bonds. The summed E-state index contributed by atoms with van der Waals surface area (Å²) >= 11 is 5.40. The fourth-order valence-corrected chi connectivity index (χ4v) is 4.68. The first-order valence-corrected chi connectivity index (χ1v) is 9.43. The fourth-order valence-electron chi connectivity index (χ4n) is 3.04. The van der Waals surface area contributed by atoms with Crippen LogP contribution < -0.4 is 5.73 Å². The first kappa shape index (κ1) is 17.4. The van der Waals surface area contributed by atoms with Crippen molar-refractivity contribution in [2.45, 2.75) is 51.7 Å². The van der Waals surface area contributed by atoms with Crippen molar-refractivity contribution in [2.75, 3.05) is 26.2 Å². The van der Waals surface area contributed by atoms with Gasteiger partial charge >= 0.3 is 0 Å². The first-order valence-electron chi connectivity index (χ1n) is 7.83. The van der Waals surface area contributed by atoms with Crippen molar-refractivity contribution in [3.8, 4) is 0 Å². The van der Waals surface area contributed by atoms with E-state index in [0.717, 1.165) is 32.6 Å². The quantitative estimate of drug-likeness (QED) is 0.872. The summed E-state index contributed by atoms with van der Waals surface area (Å²) < 4.78 is 1.19. The monoisotopic (exact) mass is 373 g/mol. The zero-order valence-corrected chi connectivity index (χ0v) is 16.0. The number of thiophene rings is 1. The van der Waals surface area contributed by atoms with Crippen molar-refractivity contribution in [1.29, 1.82) is 0 Å². The molecule has 0 aromatic carbocycles. The van der Waals surface area contributed by atoms with Gasteiger partial charge in [-0.2, -0.15) is 0 Å². The molecule has 2 unspecified atom stereocenters. The molecule has 2 atom stereocenters. The van der Waals surface area contributed by atoms with E-state index in [2.05, 4.69) is 65.6 Å². The number of piperazine rings is 1. The molecule has 0 aliphatic carbocycles. The number of hydrogen-bond donors (Lipinski definition) is 1. The second kappa shape index (κ2) is 7.09. The Hall–Kier alpha value is 0.0600. The van der Waals surface area contributed by atoms with Crippen molar-refractivity contribution in [3.63, 3.8) is 0 Å². The SMILES string of the molecule is CCC(N)C(c1ccc(Br)s1)N1CCN(C(C)(C)C)CC1. The second-order valence-electron chi connectivity index (χ2n) is 6.85. The summed E-state index contributed by atoms with van der Waals surface area (Å²) in [6.45, 7) is 13.5. The van der Waals surface area contributed by atoms with E-state index < -0.39 is 0 Å². The highest BCUT2D eigenvalue weighted by molar-refractivity contribution is 9.11. The lowest BCUT2D eigenvalue weighted by atomic mass is 10.0. The number of hydrogen-bond acceptors (Lipinski definition) is 4. The minimum absolute atomic E-state index is 0.205. The summed E-state index contributed by atoms with van der Waals surface area (Å²) in [5.41, 5.74) is 6.71. The first-order chi connectivity index (χ1) is 9.82. The lowest BCUT2D eigenvalue weighted by Crippen LogP contribution is -2.55. The minimum atomic E-state index is 0.205. The second-order valence-corrected chi connectivity index (χ2v) is 9.35. The molecule has 21 heavy (non-hydrogen) atoms. The topological polar surface area (TPSA) is 32.5 Å². The van der Waals surface area contributed by atoms with Crippen molar-refractivity contribution in [1.82, 2.24) is 9.80 Å². The third kappa shape index (κ3) is 4.29. The van der Waals surface area contributed by atoms with Gasteiger partial charge in [0.25, 0.3) is 0 Å². The molecular weight excluding hydrogens is 346 g/mol. The maximum atomic E-state index is 6.45. The number of nitrogens with zero attached hydrogens (tertiary/aromatic N) is 2. The highest BCUT2D eigenvalue weighted by Gasteiger charge is 2.32. The third-order valence-corrected chi connectivity index (χ3v) is 6.11. The van der Waals surface area contributed by atoms with E-state index in [1.165, 1.54) is 8.66 Å². The van der Waals surface area contributed by atoms with Crippen LogP contribution in [0.4, 0.5) is 0 Å². The molecule has 0 saturated carbocycles. The molecule has 0 radical (unpaired) electrons. The van der Waals surface area contributed by atoms with Crippen LogP contribution in [0.2, 0.25) is 0 Å². The van der Waals surface area contributed by atoms with Crippen molar-refractivity contribution < 1.29 is 0 Å². The fraction of sp³-hybridized carbons (Fsp3) is 0.750. The van der Waals surface area contributed by atoms with Gasteiger partial charge in [-0.05, 0) is 55.3 Å². The molecule has 5 heteroatoms. The minimum Gasteiger partial charge on any atom is -0.326 e. The molecule has 1 aromatic heterocycles. The van der Waals surface area contributed by atoms with E-state index in [-0.39, 0.29) is 11.6 Å². The van der Waals surface area contributed by atoms with Gasteiger partial charge in [-0.15, -0.1) is 11.3 Å². The molecule has 120 valence electrons. The highest BCUT2D eigenvalue weighted by atomic mass is 79.9. The molecule has 1 aliphatic rings. The van der Waals surface area contributed by atoms with Gasteiger partial charge in [-0.3, -0.25) is 9.80 Å². The van der Waals surface area contributed by atoms with E-state index in [9.17, 15) is 0 Å². The van der Waals surface area contributed by atoms with E-state index in [1.54, 1.807) is 0 Å². The Bertz CT molecular complexity index is 447. The molecule has 0 bridgehead atoms. The zero-order chi connectivity index (χ0) is 15.6. The maximum Gasteiger partial charge on any atom is 0.0702 e. The predicted molar refractivity (Wildman–Crippen MR) is 95.9 cm³/mol. The summed E-state index contributed by atoms with van der Waals surface area (Å²) in [7, 11) is 0. The lowest BCUT2D eigenvalue weighted by molar-refractivity contribution is 0.0360. The normalized spacial score (nSPS) is 21.4. The van der Waals surface area contributed by atoms with Gasteiger partial charge in [0.1, 0.15) is 0 Å². The van der Waals surface area contributed by atoms with Crippen LogP contribution in [-0.2, 0) is 0 Å². The van der Waals surface area contributed by atoms with E-state index in [4.69, 9.17) is 5.73 Å². The summed E-state index contributed by atoms with van der Waals surface area (Å²) in [5.74, 6) is 0. The molecule has 0 spiro atoms. The summed E-state index contributed by atoms with van der Waals surface area (Å²) in [4.78, 5) is 6.54. The van der Waals surface area contributed by atoms with Crippen LogP contribution in [0.3, 0.4) is 0 Å². The highest BCUT2D eigenvalue weighted by Crippen LogP contribution is 2.34. The van der Waals surface area contributed by atoms with Gasteiger partial charge < -0.3 is 5.73 Å². The molecule has 1 fully saturated rings. The molecular formula is C16H28BrN3S. The molecule has 2 N–H and O–H groups in total. The van der Waals surface area contributed by atoms with Crippen LogP contribution in [0.1, 0.15) is 45.0 Å². The molecule has 1 aromatic rings. The van der Waals surface area contributed by atoms with Gasteiger partial charge in [0.15, 0.2) is 0 Å². The van der Waals surface area contributed by atoms with Crippen LogP contribution in [0, 0.1) is 0 Å². The Morgan fingerprint density at radius 2 is 1.86 bits per heavy atom. The zero-order valence-electron chi connectivity index (χ0n) is 13.6. The van der Waals surface area contributed by atoms with Crippen molar-refractivity contribution >= 4 is 27.3 Å². The van der Waals surface area contributed by atoms with E-state index >= 15 is 0 Å². The van der Waals surface area contributed by atoms with Gasteiger partial charge in [0.2, 0.25) is 0 Å². The molecule has 1 aliphatic heterocycles. The van der Waals surface area contributed by atoms with Gasteiger partial charge in [-0.25, -0.2) is 0 Å². The van der Waals surface area contributed by atoms with Crippen molar-refractivity contribution in [3.05, 3.63) is 20.8 Å². The Labute approximate surface area is 141 Å². The average molecular weight is 374 g/mol. The van der Waals surface area contributed by atoms with Crippen LogP contribution in [-0.4, -0.2) is 47.6 Å². The van der Waals surface area contributed by atoms with Crippen LogP contribution in [0.25, 0.3) is 0 Å². The molecule has 1 saturated heterocycles. The Balaban J connectivity index is 2.09. The van der Waals surface area contributed by atoms with Gasteiger partial charge in [0, 0.05) is 42.6 Å². The van der Waals surface area contributed by atoms with Gasteiger partial charge in [-0.1, -0.05) is 6.92 Å². The summed E-state index contributed by atoms with van der Waals surface area (Å²) in [6.07, 6.45) is 1.01. The van der Waals surface area contributed by atoms with Crippen LogP contribution in [0.5, 0.6) is 0 Å². The van der Waals surface area contributed by atoms with Crippen LogP contribution >= 0.6 is 27.3 Å². The standard InChI is InChI=1S/C16H28BrN3S/c1-5-12(18)15(13-6-7-14(17)21-13)19-8-10-20(11-9-19)16(2,3)4/h6-7,12,15H,5,8-11,18H2,1-4H3. The smallest absolute Gasteiger partial charge is 0.0702 e. The largest absolute Gasteiger partial charge is 0.326 e. The summed E-state index contributed by atoms with van der Waals surface area (Å²) in [6, 6.07) is 4.93. The molecule has 2 heterocycles. The van der Waals surface area contributed by atoms with E-state index in [0.29, 0.717) is 6.04 Å². The summed E-state index contributed by atoms with van der Waals surface area (Å²) in [5, 5.41) is 0. The molecule has 3 nitrogen and oxygen atoms in total. The number of rotatable bonds is 4. The third-order valence-electron chi connectivity index (χ3n) is 4.42. The number of nitrogens with two attached hydrogens (primary N) is 1. The average Bonchev–Trinajstić information content (AvgIpc) is 2.84. The van der Waals surface area contributed by atoms with Crippen LogP contribution in [0.15, 0.2) is 15.9 Å².